The number of fused-ring (bicyclic) bond motifs is 4. The van der Waals surface area contributed by atoms with Crippen LogP contribution in [0.15, 0.2) is 39.0 Å². The summed E-state index contributed by atoms with van der Waals surface area (Å²) >= 11 is 2.97. The molecule has 4 heterocycles. The number of thiophene rings is 1. The molecule has 4 aromatic rings. The van der Waals surface area contributed by atoms with Crippen molar-refractivity contribution >= 4 is 44.2 Å². The zero-order chi connectivity index (χ0) is 21.7. The Hall–Kier alpha value is -2.56. The fraction of sp³-hybridized carbons (Fsp3) is 0.409. The van der Waals surface area contributed by atoms with Crippen LogP contribution in [0.5, 0.6) is 0 Å². The lowest BCUT2D eigenvalue weighted by atomic mass is 10.2. The molecule has 0 spiro atoms. The largest absolute Gasteiger partial charge is 0.376 e. The molecule has 164 valence electrons. The van der Waals surface area contributed by atoms with Gasteiger partial charge in [0.05, 0.1) is 29.3 Å². The number of hydrogen-bond donors (Lipinski definition) is 0. The summed E-state index contributed by atoms with van der Waals surface area (Å²) in [6.45, 7) is 1.21. The van der Waals surface area contributed by atoms with Crippen molar-refractivity contribution in [3.63, 3.8) is 0 Å². The first kappa shape index (κ1) is 20.1. The van der Waals surface area contributed by atoms with Gasteiger partial charge in [-0.3, -0.25) is 14.2 Å². The van der Waals surface area contributed by atoms with E-state index in [1.165, 1.54) is 26.9 Å². The molecule has 1 fully saturated rings. The van der Waals surface area contributed by atoms with E-state index in [4.69, 9.17) is 9.72 Å². The van der Waals surface area contributed by atoms with Crippen molar-refractivity contribution < 1.29 is 4.74 Å². The van der Waals surface area contributed by atoms with Gasteiger partial charge < -0.3 is 4.74 Å². The zero-order valence-electron chi connectivity index (χ0n) is 17.3. The van der Waals surface area contributed by atoms with Crippen molar-refractivity contribution in [2.24, 2.45) is 0 Å². The van der Waals surface area contributed by atoms with Crippen LogP contribution < -0.4 is 11.1 Å². The van der Waals surface area contributed by atoms with Crippen molar-refractivity contribution in [2.45, 2.75) is 55.8 Å². The van der Waals surface area contributed by atoms with Gasteiger partial charge in [0.15, 0.2) is 5.16 Å². The Morgan fingerprint density at radius 1 is 1.16 bits per heavy atom. The number of aromatic nitrogens is 5. The molecule has 10 heteroatoms. The van der Waals surface area contributed by atoms with Gasteiger partial charge in [-0.2, -0.15) is 4.68 Å². The highest BCUT2D eigenvalue weighted by Crippen LogP contribution is 2.36. The molecule has 32 heavy (non-hydrogen) atoms. The van der Waals surface area contributed by atoms with Crippen molar-refractivity contribution in [2.75, 3.05) is 6.61 Å². The summed E-state index contributed by atoms with van der Waals surface area (Å²) in [5.41, 5.74) is 1.55. The molecule has 3 aromatic heterocycles. The predicted octanol–water partition coefficient (Wildman–Crippen LogP) is 2.98. The Labute approximate surface area is 191 Å². The predicted molar refractivity (Wildman–Crippen MR) is 125 cm³/mol. The SMILES string of the molecule is O=c1c2ccccc2nnn1CSc1nc2sc3c(c2c(=O)n1C[C@H]1CCCO1)CCC3. The van der Waals surface area contributed by atoms with Gasteiger partial charge in [-0.15, -0.1) is 16.4 Å². The van der Waals surface area contributed by atoms with Crippen LogP contribution in [0.2, 0.25) is 0 Å². The first-order valence-corrected chi connectivity index (χ1v) is 12.6. The normalized spacial score (nSPS) is 18.1. The van der Waals surface area contributed by atoms with Gasteiger partial charge in [-0.1, -0.05) is 29.1 Å². The zero-order valence-corrected chi connectivity index (χ0v) is 19.0. The molecule has 6 rings (SSSR count). The third kappa shape index (κ3) is 3.37. The molecule has 0 N–H and O–H groups in total. The van der Waals surface area contributed by atoms with E-state index >= 15 is 0 Å². The Balaban J connectivity index is 1.40. The summed E-state index contributed by atoms with van der Waals surface area (Å²) in [6, 6.07) is 7.16. The van der Waals surface area contributed by atoms with Crippen LogP contribution in [-0.2, 0) is 30.0 Å². The fourth-order valence-corrected chi connectivity index (χ4v) is 6.73. The quantitative estimate of drug-likeness (QED) is 0.329. The molecular weight excluding hydrogens is 446 g/mol. The van der Waals surface area contributed by atoms with Crippen LogP contribution in [0.1, 0.15) is 29.7 Å². The minimum Gasteiger partial charge on any atom is -0.376 e. The summed E-state index contributed by atoms with van der Waals surface area (Å²) in [7, 11) is 0. The van der Waals surface area contributed by atoms with E-state index in [9.17, 15) is 9.59 Å². The second-order valence-electron chi connectivity index (χ2n) is 8.17. The van der Waals surface area contributed by atoms with E-state index in [2.05, 4.69) is 10.3 Å². The summed E-state index contributed by atoms with van der Waals surface area (Å²) in [4.78, 5) is 33.4. The molecule has 0 saturated carbocycles. The lowest BCUT2D eigenvalue weighted by Crippen LogP contribution is -2.29. The van der Waals surface area contributed by atoms with Gasteiger partial charge in [0.25, 0.3) is 11.1 Å². The van der Waals surface area contributed by atoms with Crippen LogP contribution in [0.4, 0.5) is 0 Å². The maximum atomic E-state index is 13.6. The van der Waals surface area contributed by atoms with E-state index < -0.39 is 0 Å². The summed E-state index contributed by atoms with van der Waals surface area (Å²) in [6.07, 6.45) is 5.02. The Bertz CT molecular complexity index is 1450. The number of nitrogens with zero attached hydrogens (tertiary/aromatic N) is 5. The van der Waals surface area contributed by atoms with E-state index in [1.54, 1.807) is 28.0 Å². The standard InChI is InChI=1S/C22H21N5O3S2/c28-20-14-6-1-2-8-16(14)24-25-27(20)12-31-22-23-19-18(15-7-3-9-17(15)32-19)21(29)26(22)11-13-5-4-10-30-13/h1-2,6,8,13H,3-5,7,9-12H2/t13-/m1/s1. The van der Waals surface area contributed by atoms with Crippen molar-refractivity contribution in [1.29, 1.82) is 0 Å². The molecule has 0 bridgehead atoms. The first-order chi connectivity index (χ1) is 15.7. The van der Waals surface area contributed by atoms with Crippen molar-refractivity contribution in [1.82, 2.24) is 24.5 Å². The van der Waals surface area contributed by atoms with E-state index in [0.717, 1.165) is 48.9 Å². The molecule has 2 aliphatic rings. The number of rotatable bonds is 5. The second-order valence-corrected chi connectivity index (χ2v) is 10.2. The molecule has 1 aliphatic heterocycles. The molecule has 1 atom stereocenters. The molecule has 0 unspecified atom stereocenters. The molecule has 0 radical (unpaired) electrons. The number of thioether (sulfide) groups is 1. The Kier molecular flexibility index (Phi) is 5.08. The van der Waals surface area contributed by atoms with Crippen LogP contribution in [0, 0.1) is 0 Å². The molecule has 1 aromatic carbocycles. The molecule has 8 nitrogen and oxygen atoms in total. The number of hydrogen-bond acceptors (Lipinski definition) is 8. The molecule has 1 aliphatic carbocycles. The molecule has 1 saturated heterocycles. The second kappa shape index (κ2) is 8.09. The average Bonchev–Trinajstić information content (AvgIpc) is 3.53. The van der Waals surface area contributed by atoms with Gasteiger partial charge in [0.1, 0.15) is 10.3 Å². The fourth-order valence-electron chi connectivity index (χ4n) is 4.55. The number of ether oxygens (including phenoxy) is 1. The minimum absolute atomic E-state index is 0.00402. The lowest BCUT2D eigenvalue weighted by molar-refractivity contribution is 0.0937. The van der Waals surface area contributed by atoms with Gasteiger partial charge in [0, 0.05) is 11.5 Å². The summed E-state index contributed by atoms with van der Waals surface area (Å²) in [5.74, 6) is 0.227. The van der Waals surface area contributed by atoms with Crippen molar-refractivity contribution in [3.8, 4) is 0 Å². The van der Waals surface area contributed by atoms with Crippen LogP contribution in [-0.4, -0.2) is 37.3 Å². The number of aryl methyl sites for hydroxylation is 2. The van der Waals surface area contributed by atoms with Gasteiger partial charge in [-0.05, 0) is 49.8 Å². The van der Waals surface area contributed by atoms with Crippen LogP contribution in [0.25, 0.3) is 21.1 Å². The van der Waals surface area contributed by atoms with E-state index in [0.29, 0.717) is 22.6 Å². The van der Waals surface area contributed by atoms with Crippen molar-refractivity contribution in [3.05, 3.63) is 55.4 Å². The molecular formula is C22H21N5O3S2. The monoisotopic (exact) mass is 467 g/mol. The van der Waals surface area contributed by atoms with E-state index in [1.807, 2.05) is 12.1 Å². The van der Waals surface area contributed by atoms with Gasteiger partial charge in [0.2, 0.25) is 0 Å². The Morgan fingerprint density at radius 3 is 2.94 bits per heavy atom. The third-order valence-electron chi connectivity index (χ3n) is 6.15. The van der Waals surface area contributed by atoms with Crippen LogP contribution in [0.3, 0.4) is 0 Å². The highest BCUT2D eigenvalue weighted by atomic mass is 32.2. The smallest absolute Gasteiger partial charge is 0.278 e. The minimum atomic E-state index is -0.202. The van der Waals surface area contributed by atoms with Crippen LogP contribution >= 0.6 is 23.1 Å². The van der Waals surface area contributed by atoms with E-state index in [-0.39, 0.29) is 23.1 Å². The average molecular weight is 468 g/mol. The Morgan fingerprint density at radius 2 is 2.06 bits per heavy atom. The highest BCUT2D eigenvalue weighted by molar-refractivity contribution is 7.98. The summed E-state index contributed by atoms with van der Waals surface area (Å²) in [5, 5.41) is 10.1. The molecule has 0 amide bonds. The number of benzene rings is 1. The van der Waals surface area contributed by atoms with Gasteiger partial charge in [-0.25, -0.2) is 4.98 Å². The maximum Gasteiger partial charge on any atom is 0.278 e. The third-order valence-corrected chi connectivity index (χ3v) is 8.27. The first-order valence-electron chi connectivity index (χ1n) is 10.8. The lowest BCUT2D eigenvalue weighted by Gasteiger charge is -2.16. The highest BCUT2D eigenvalue weighted by Gasteiger charge is 2.25. The summed E-state index contributed by atoms with van der Waals surface area (Å²) < 4.78 is 8.88. The van der Waals surface area contributed by atoms with Gasteiger partial charge >= 0.3 is 0 Å². The topological polar surface area (TPSA) is 91.9 Å². The maximum absolute atomic E-state index is 13.6.